The summed E-state index contributed by atoms with van der Waals surface area (Å²) >= 11 is 0. The Morgan fingerprint density at radius 2 is 1.68 bits per heavy atom. The maximum Gasteiger partial charge on any atom is 0.249 e. The maximum atomic E-state index is 12.9. The number of nitrogens with zero attached hydrogens (tertiary/aromatic N) is 1. The number of amides is 1. The third-order valence-corrected chi connectivity index (χ3v) is 4.82. The van der Waals surface area contributed by atoms with E-state index in [-0.39, 0.29) is 5.91 Å². The van der Waals surface area contributed by atoms with Gasteiger partial charge in [0.2, 0.25) is 5.91 Å². The van der Waals surface area contributed by atoms with Gasteiger partial charge in [-0.15, -0.1) is 0 Å². The molecular weight excluding hydrogens is 352 g/mol. The van der Waals surface area contributed by atoms with Gasteiger partial charge in [-0.1, -0.05) is 48.5 Å². The molecule has 0 unspecified atom stereocenters. The van der Waals surface area contributed by atoms with Crippen molar-refractivity contribution in [3.05, 3.63) is 72.3 Å². The van der Waals surface area contributed by atoms with E-state index in [0.717, 1.165) is 27.5 Å². The SMILES string of the molecule is COc1cc2c(cc1N[C@H](C(=O)N(C)C)c1ccccc1)oc1ccccc12. The molecule has 0 bridgehead atoms. The first-order valence-electron chi connectivity index (χ1n) is 9.10. The minimum atomic E-state index is -0.535. The first-order valence-corrected chi connectivity index (χ1v) is 9.10. The highest BCUT2D eigenvalue weighted by Gasteiger charge is 2.24. The quantitative estimate of drug-likeness (QED) is 0.543. The summed E-state index contributed by atoms with van der Waals surface area (Å²) in [5, 5.41) is 5.37. The number of methoxy groups -OCH3 is 1. The van der Waals surface area contributed by atoms with Crippen LogP contribution in [-0.4, -0.2) is 32.0 Å². The van der Waals surface area contributed by atoms with E-state index in [1.807, 2.05) is 66.7 Å². The molecule has 1 N–H and O–H groups in total. The molecule has 1 heterocycles. The summed E-state index contributed by atoms with van der Waals surface area (Å²) in [7, 11) is 5.12. The van der Waals surface area contributed by atoms with Crippen LogP contribution in [0.25, 0.3) is 21.9 Å². The van der Waals surface area contributed by atoms with Gasteiger partial charge in [-0.2, -0.15) is 0 Å². The van der Waals surface area contributed by atoms with Gasteiger partial charge in [0.05, 0.1) is 12.8 Å². The van der Waals surface area contributed by atoms with Crippen molar-refractivity contribution >= 4 is 33.5 Å². The van der Waals surface area contributed by atoms with E-state index in [0.29, 0.717) is 11.4 Å². The van der Waals surface area contributed by atoms with Gasteiger partial charge in [0.1, 0.15) is 23.0 Å². The molecule has 1 aromatic heterocycles. The van der Waals surface area contributed by atoms with Crippen molar-refractivity contribution < 1.29 is 13.9 Å². The van der Waals surface area contributed by atoms with Crippen molar-refractivity contribution in [1.82, 2.24) is 4.90 Å². The average molecular weight is 374 g/mol. The standard InChI is InChI=1S/C23H22N2O3/c1-25(2)23(26)22(15-9-5-4-6-10-15)24-18-14-20-17(13-21(18)27-3)16-11-7-8-12-19(16)28-20/h4-14,22,24H,1-3H3/t22-/m0/s1. The van der Waals surface area contributed by atoms with E-state index in [4.69, 9.17) is 9.15 Å². The molecule has 0 saturated carbocycles. The lowest BCUT2D eigenvalue weighted by molar-refractivity contribution is -0.129. The summed E-state index contributed by atoms with van der Waals surface area (Å²) in [6.07, 6.45) is 0. The molecule has 0 radical (unpaired) electrons. The lowest BCUT2D eigenvalue weighted by Crippen LogP contribution is -2.32. The van der Waals surface area contributed by atoms with Gasteiger partial charge in [0, 0.05) is 30.9 Å². The summed E-state index contributed by atoms with van der Waals surface area (Å²) in [6.45, 7) is 0. The molecule has 0 aliphatic heterocycles. The van der Waals surface area contributed by atoms with E-state index in [1.54, 1.807) is 26.1 Å². The topological polar surface area (TPSA) is 54.7 Å². The molecule has 4 rings (SSSR count). The fourth-order valence-electron chi connectivity index (χ4n) is 3.38. The number of hydrogen-bond acceptors (Lipinski definition) is 4. The second-order valence-corrected chi connectivity index (χ2v) is 6.87. The normalized spacial score (nSPS) is 12.1. The highest BCUT2D eigenvalue weighted by Crippen LogP contribution is 2.37. The van der Waals surface area contributed by atoms with Gasteiger partial charge in [-0.25, -0.2) is 0 Å². The Morgan fingerprint density at radius 3 is 2.39 bits per heavy atom. The Kier molecular flexibility index (Phi) is 4.65. The summed E-state index contributed by atoms with van der Waals surface area (Å²) in [5.74, 6) is 0.615. The summed E-state index contributed by atoms with van der Waals surface area (Å²) in [6, 6.07) is 20.9. The number of benzene rings is 3. The van der Waals surface area contributed by atoms with Crippen LogP contribution in [0.15, 0.2) is 71.1 Å². The number of para-hydroxylation sites is 1. The Labute approximate surface area is 163 Å². The van der Waals surface area contributed by atoms with Crippen LogP contribution in [0, 0.1) is 0 Å². The predicted octanol–water partition coefficient (Wildman–Crippen LogP) is 4.84. The Hall–Kier alpha value is -3.47. The zero-order valence-electron chi connectivity index (χ0n) is 16.1. The van der Waals surface area contributed by atoms with E-state index in [1.165, 1.54) is 0 Å². The average Bonchev–Trinajstić information content (AvgIpc) is 3.08. The van der Waals surface area contributed by atoms with Gasteiger partial charge in [-0.05, 0) is 17.7 Å². The number of anilines is 1. The Balaban J connectivity index is 1.82. The number of nitrogens with one attached hydrogen (secondary N) is 1. The highest BCUT2D eigenvalue weighted by molar-refractivity contribution is 6.06. The fourth-order valence-corrected chi connectivity index (χ4v) is 3.38. The molecule has 1 atom stereocenters. The monoisotopic (exact) mass is 374 g/mol. The van der Waals surface area contributed by atoms with Crippen molar-refractivity contribution in [1.29, 1.82) is 0 Å². The minimum Gasteiger partial charge on any atom is -0.495 e. The fraction of sp³-hybridized carbons (Fsp3) is 0.174. The molecule has 0 saturated heterocycles. The van der Waals surface area contributed by atoms with Crippen molar-refractivity contribution in [2.45, 2.75) is 6.04 Å². The molecule has 5 heteroatoms. The molecule has 0 aliphatic rings. The van der Waals surface area contributed by atoms with E-state index in [9.17, 15) is 4.79 Å². The third kappa shape index (κ3) is 3.16. The van der Waals surface area contributed by atoms with Gasteiger partial charge in [0.15, 0.2) is 0 Å². The van der Waals surface area contributed by atoms with Crippen LogP contribution in [-0.2, 0) is 4.79 Å². The molecule has 5 nitrogen and oxygen atoms in total. The second kappa shape index (κ2) is 7.27. The van der Waals surface area contributed by atoms with Crippen molar-refractivity contribution in [2.75, 3.05) is 26.5 Å². The first-order chi connectivity index (χ1) is 13.6. The van der Waals surface area contributed by atoms with E-state index >= 15 is 0 Å². The van der Waals surface area contributed by atoms with E-state index < -0.39 is 6.04 Å². The highest BCUT2D eigenvalue weighted by atomic mass is 16.5. The summed E-state index contributed by atoms with van der Waals surface area (Å²) in [5.41, 5.74) is 3.15. The summed E-state index contributed by atoms with van der Waals surface area (Å²) in [4.78, 5) is 14.4. The van der Waals surface area contributed by atoms with Crippen LogP contribution >= 0.6 is 0 Å². The van der Waals surface area contributed by atoms with E-state index in [2.05, 4.69) is 5.32 Å². The molecule has 4 aromatic rings. The lowest BCUT2D eigenvalue weighted by Gasteiger charge is -2.24. The molecule has 0 fully saturated rings. The van der Waals surface area contributed by atoms with Crippen LogP contribution in [0.5, 0.6) is 5.75 Å². The number of fused-ring (bicyclic) bond motifs is 3. The number of hydrogen-bond donors (Lipinski definition) is 1. The number of rotatable bonds is 5. The molecular formula is C23H22N2O3. The van der Waals surface area contributed by atoms with Crippen molar-refractivity contribution in [3.63, 3.8) is 0 Å². The van der Waals surface area contributed by atoms with Crippen LogP contribution in [0.1, 0.15) is 11.6 Å². The van der Waals surface area contributed by atoms with Gasteiger partial charge in [0.25, 0.3) is 0 Å². The number of furan rings is 1. The second-order valence-electron chi connectivity index (χ2n) is 6.87. The van der Waals surface area contributed by atoms with Crippen LogP contribution in [0.2, 0.25) is 0 Å². The predicted molar refractivity (Wildman–Crippen MR) is 112 cm³/mol. The number of carbonyl (C=O) groups excluding carboxylic acids is 1. The molecule has 142 valence electrons. The van der Waals surface area contributed by atoms with Crippen LogP contribution in [0.4, 0.5) is 5.69 Å². The third-order valence-electron chi connectivity index (χ3n) is 4.82. The van der Waals surface area contributed by atoms with Crippen molar-refractivity contribution in [3.8, 4) is 5.75 Å². The largest absolute Gasteiger partial charge is 0.495 e. The zero-order chi connectivity index (χ0) is 19.7. The molecule has 3 aromatic carbocycles. The van der Waals surface area contributed by atoms with Gasteiger partial charge in [-0.3, -0.25) is 4.79 Å². The Morgan fingerprint density at radius 1 is 0.964 bits per heavy atom. The van der Waals surface area contributed by atoms with Gasteiger partial charge >= 0.3 is 0 Å². The minimum absolute atomic E-state index is 0.0436. The molecule has 0 spiro atoms. The van der Waals surface area contributed by atoms with Crippen LogP contribution in [0.3, 0.4) is 0 Å². The van der Waals surface area contributed by atoms with Crippen LogP contribution < -0.4 is 10.1 Å². The maximum absolute atomic E-state index is 12.9. The summed E-state index contributed by atoms with van der Waals surface area (Å²) < 4.78 is 11.6. The first kappa shape index (κ1) is 17.9. The van der Waals surface area contributed by atoms with Crippen molar-refractivity contribution in [2.24, 2.45) is 0 Å². The lowest BCUT2D eigenvalue weighted by atomic mass is 10.0. The Bertz CT molecular complexity index is 1130. The zero-order valence-corrected chi connectivity index (χ0v) is 16.1. The number of ether oxygens (including phenoxy) is 1. The number of likely N-dealkylation sites (N-methyl/N-ethyl adjacent to an activating group) is 1. The molecule has 1 amide bonds. The smallest absolute Gasteiger partial charge is 0.249 e. The molecule has 0 aliphatic carbocycles. The molecule has 28 heavy (non-hydrogen) atoms. The number of carbonyl (C=O) groups is 1. The van der Waals surface area contributed by atoms with Gasteiger partial charge < -0.3 is 19.4 Å².